The predicted molar refractivity (Wildman–Crippen MR) is 97.1 cm³/mol. The van der Waals surface area contributed by atoms with Crippen molar-refractivity contribution in [3.05, 3.63) is 0 Å². The van der Waals surface area contributed by atoms with Crippen LogP contribution in [-0.2, 0) is 19.2 Å². The molecule has 0 aromatic carbocycles. The highest BCUT2D eigenvalue weighted by molar-refractivity contribution is 6.18. The first-order chi connectivity index (χ1) is 14.5. The summed E-state index contributed by atoms with van der Waals surface area (Å²) in [5.74, 6) is 4.05. The second-order valence-electron chi connectivity index (χ2n) is 14.1. The van der Waals surface area contributed by atoms with Gasteiger partial charge in [0.05, 0.1) is 10.8 Å². The molecule has 12 saturated carbocycles. The minimum Gasteiger partial charge on any atom is -0.299 e. The van der Waals surface area contributed by atoms with Crippen LogP contribution in [-0.4, -0.2) is 23.1 Å². The van der Waals surface area contributed by atoms with Gasteiger partial charge in [0.1, 0.15) is 23.1 Å². The summed E-state index contributed by atoms with van der Waals surface area (Å²) >= 11 is 0. The van der Waals surface area contributed by atoms with Gasteiger partial charge in [-0.1, -0.05) is 0 Å². The van der Waals surface area contributed by atoms with Gasteiger partial charge < -0.3 is 0 Å². The van der Waals surface area contributed by atoms with E-state index in [-0.39, 0.29) is 46.3 Å². The number of ketones is 4. The molecule has 0 aromatic heterocycles. The lowest BCUT2D eigenvalue weighted by Gasteiger charge is -2.70. The molecular formula is C26H22O4. The van der Waals surface area contributed by atoms with Gasteiger partial charge in [0.25, 0.3) is 0 Å². The Balaban J connectivity index is 1.21. The van der Waals surface area contributed by atoms with E-state index in [9.17, 15) is 19.2 Å². The molecule has 150 valence electrons. The molecule has 12 fully saturated rings. The van der Waals surface area contributed by atoms with Crippen molar-refractivity contribution in [2.75, 3.05) is 0 Å². The van der Waals surface area contributed by atoms with E-state index >= 15 is 0 Å². The molecule has 0 aromatic rings. The Morgan fingerprint density at radius 2 is 0.900 bits per heavy atom. The lowest BCUT2D eigenvalue weighted by Crippen LogP contribution is -2.77. The average molecular weight is 398 g/mol. The number of hydrogen-bond acceptors (Lipinski definition) is 4. The third-order valence-corrected chi connectivity index (χ3v) is 15.2. The van der Waals surface area contributed by atoms with Crippen molar-refractivity contribution in [3.8, 4) is 0 Å². The molecule has 2 spiro atoms. The maximum atomic E-state index is 14.4. The van der Waals surface area contributed by atoms with E-state index in [1.54, 1.807) is 0 Å². The van der Waals surface area contributed by atoms with Crippen LogP contribution in [0.15, 0.2) is 0 Å². The summed E-state index contributed by atoms with van der Waals surface area (Å²) in [6.07, 6.45) is 4.83. The Labute approximate surface area is 172 Å². The van der Waals surface area contributed by atoms with Gasteiger partial charge in [-0.2, -0.15) is 0 Å². The number of Topliss-reactive ketones (excluding diaryl/α,β-unsaturated/α-hetero) is 4. The molecule has 0 saturated heterocycles. The monoisotopic (exact) mass is 398 g/mol. The quantitative estimate of drug-likeness (QED) is 0.672. The Hall–Kier alpha value is -1.32. The Kier molecular flexibility index (Phi) is 1.41. The fourth-order valence-electron chi connectivity index (χ4n) is 15.8. The smallest absolute Gasteiger partial charge is 0.145 e. The number of hydrogen-bond donors (Lipinski definition) is 0. The van der Waals surface area contributed by atoms with Crippen molar-refractivity contribution in [2.24, 2.45) is 105 Å². The first-order valence-electron chi connectivity index (χ1n) is 12.7. The second-order valence-corrected chi connectivity index (χ2v) is 14.1. The van der Waals surface area contributed by atoms with Gasteiger partial charge in [-0.15, -0.1) is 0 Å². The predicted octanol–water partition coefficient (Wildman–Crippen LogP) is 1.56. The van der Waals surface area contributed by atoms with E-state index in [1.807, 2.05) is 0 Å². The molecule has 16 atom stereocenters. The van der Waals surface area contributed by atoms with Crippen LogP contribution in [0.4, 0.5) is 0 Å². The van der Waals surface area contributed by atoms with Crippen LogP contribution < -0.4 is 0 Å². The van der Waals surface area contributed by atoms with Gasteiger partial charge in [-0.25, -0.2) is 0 Å². The molecule has 0 heterocycles. The zero-order chi connectivity index (χ0) is 19.2. The number of fused-ring (bicyclic) bond motifs is 5. The second kappa shape index (κ2) is 3.03. The first kappa shape index (κ1) is 14.0. The molecule has 12 aliphatic rings. The van der Waals surface area contributed by atoms with Crippen molar-refractivity contribution in [1.82, 2.24) is 0 Å². The van der Waals surface area contributed by atoms with Crippen molar-refractivity contribution in [2.45, 2.75) is 25.7 Å². The van der Waals surface area contributed by atoms with E-state index in [2.05, 4.69) is 0 Å². The molecule has 4 nitrogen and oxygen atoms in total. The third kappa shape index (κ3) is 0.708. The minimum atomic E-state index is -0.715. The SMILES string of the molecule is O=C1[C@@H]2[C@@H]3C(=O)[C@@]4([C@]56C(=O)[C@@H]7[C@@H]8C(=O)[C@H]5[C@H]5[C@@H]8C8(CC8)[C@@H]7[C@H]56)[C@@H]5[C@@H]([C@H]2C2(CC2)[C@H]35)[C@@H]14. The number of rotatable bonds is 1. The number of carbonyl (C=O) groups is 4. The van der Waals surface area contributed by atoms with Crippen LogP contribution in [0, 0.1) is 105 Å². The molecule has 0 unspecified atom stereocenters. The molecule has 30 heavy (non-hydrogen) atoms. The fraction of sp³-hybridized carbons (Fsp3) is 0.846. The lowest BCUT2D eigenvalue weighted by molar-refractivity contribution is -0.244. The summed E-state index contributed by atoms with van der Waals surface area (Å²) < 4.78 is 0. The van der Waals surface area contributed by atoms with Gasteiger partial charge in [0, 0.05) is 35.5 Å². The van der Waals surface area contributed by atoms with Crippen molar-refractivity contribution in [1.29, 1.82) is 0 Å². The normalized spacial score (nSPS) is 77.9. The van der Waals surface area contributed by atoms with Gasteiger partial charge in [-0.05, 0) is 83.9 Å². The van der Waals surface area contributed by atoms with Gasteiger partial charge in [-0.3, -0.25) is 19.2 Å². The molecule has 0 radical (unpaired) electrons. The molecule has 4 heteroatoms. The van der Waals surface area contributed by atoms with Crippen LogP contribution in [0.1, 0.15) is 25.7 Å². The standard InChI is InChI=1S/C26H22O4/c27-19-5-7-13-15-9(11(5)23(13)1-2-23)17(19)25(15,21(7)29)26-16-10-12-6(20(28)18(10)26)8(22(26)30)14(16)24(12)3-4-24/h5-18H,1-4H2/t5-,6+,7+,8-,9-,10+,11+,12-,13-,14+,15-,16+,17+,18-,25-,26+. The highest BCUT2D eigenvalue weighted by atomic mass is 16.2. The van der Waals surface area contributed by atoms with Crippen molar-refractivity contribution in [3.63, 3.8) is 0 Å². The summed E-state index contributed by atoms with van der Waals surface area (Å²) in [6.45, 7) is 0. The summed E-state index contributed by atoms with van der Waals surface area (Å²) in [7, 11) is 0. The van der Waals surface area contributed by atoms with Gasteiger partial charge in [0.15, 0.2) is 0 Å². The van der Waals surface area contributed by atoms with Crippen LogP contribution in [0.25, 0.3) is 0 Å². The molecule has 4 bridgehead atoms. The van der Waals surface area contributed by atoms with E-state index < -0.39 is 10.8 Å². The minimum absolute atomic E-state index is 0.00307. The molecule has 0 amide bonds. The molecule has 0 aliphatic heterocycles. The topological polar surface area (TPSA) is 68.3 Å². The van der Waals surface area contributed by atoms with Gasteiger partial charge in [0.2, 0.25) is 0 Å². The third-order valence-electron chi connectivity index (χ3n) is 15.2. The molecule has 12 rings (SSSR count). The van der Waals surface area contributed by atoms with E-state index in [0.29, 0.717) is 70.5 Å². The lowest BCUT2D eigenvalue weighted by atomic mass is 9.29. The molecular weight excluding hydrogens is 376 g/mol. The first-order valence-corrected chi connectivity index (χ1v) is 12.7. The van der Waals surface area contributed by atoms with Crippen molar-refractivity contribution >= 4 is 23.1 Å². The van der Waals surface area contributed by atoms with E-state index in [4.69, 9.17) is 0 Å². The van der Waals surface area contributed by atoms with E-state index in [1.165, 1.54) is 25.7 Å². The highest BCUT2D eigenvalue weighted by Gasteiger charge is 3.07. The maximum absolute atomic E-state index is 14.4. The van der Waals surface area contributed by atoms with Crippen molar-refractivity contribution < 1.29 is 19.2 Å². The molecule has 12 aliphatic carbocycles. The maximum Gasteiger partial charge on any atom is 0.145 e. The summed E-state index contributed by atoms with van der Waals surface area (Å²) in [5.41, 5.74) is -0.864. The Morgan fingerprint density at radius 3 is 1.27 bits per heavy atom. The van der Waals surface area contributed by atoms with Gasteiger partial charge >= 0.3 is 0 Å². The van der Waals surface area contributed by atoms with Crippen LogP contribution in [0.2, 0.25) is 0 Å². The zero-order valence-corrected chi connectivity index (χ0v) is 16.5. The largest absolute Gasteiger partial charge is 0.299 e. The number of carbonyl (C=O) groups excluding carboxylic acids is 4. The zero-order valence-electron chi connectivity index (χ0n) is 16.5. The molecule has 0 N–H and O–H groups in total. The van der Waals surface area contributed by atoms with Crippen LogP contribution in [0.5, 0.6) is 0 Å². The Morgan fingerprint density at radius 1 is 0.500 bits per heavy atom. The van der Waals surface area contributed by atoms with E-state index in [0.717, 1.165) is 0 Å². The van der Waals surface area contributed by atoms with Crippen LogP contribution in [0.3, 0.4) is 0 Å². The summed E-state index contributed by atoms with van der Waals surface area (Å²) in [5, 5.41) is 0. The highest BCUT2D eigenvalue weighted by Crippen LogP contribution is 3.03. The fourth-order valence-corrected chi connectivity index (χ4v) is 15.8. The summed E-state index contributed by atoms with van der Waals surface area (Å²) in [6, 6.07) is 0. The average Bonchev–Trinajstić information content (AvgIpc) is 3.52. The Bertz CT molecular complexity index is 1130. The summed E-state index contributed by atoms with van der Waals surface area (Å²) in [4.78, 5) is 56.3. The van der Waals surface area contributed by atoms with Crippen LogP contribution >= 0.6 is 0 Å².